The number of ketones is 1. The highest BCUT2D eigenvalue weighted by atomic mass is 32.2. The van der Waals surface area contributed by atoms with Crippen molar-refractivity contribution in [1.29, 1.82) is 0 Å². The van der Waals surface area contributed by atoms with E-state index < -0.39 is 0 Å². The summed E-state index contributed by atoms with van der Waals surface area (Å²) in [7, 11) is 0. The molecule has 0 aliphatic heterocycles. The maximum atomic E-state index is 12.6. The summed E-state index contributed by atoms with van der Waals surface area (Å²) in [5, 5.41) is 1.79. The molecule has 3 rings (SSSR count). The van der Waals surface area contributed by atoms with Gasteiger partial charge in [0, 0.05) is 27.9 Å². The molecule has 0 bridgehead atoms. The molecule has 0 amide bonds. The third-order valence-electron chi connectivity index (χ3n) is 3.92. The van der Waals surface area contributed by atoms with Crippen molar-refractivity contribution in [2.75, 3.05) is 0 Å². The minimum absolute atomic E-state index is 0.0577. The number of hydrogen-bond donors (Lipinski definition) is 1. The summed E-state index contributed by atoms with van der Waals surface area (Å²) in [6.45, 7) is 2.05. The number of para-hydroxylation sites is 1. The monoisotopic (exact) mass is 273 g/mol. The van der Waals surface area contributed by atoms with Gasteiger partial charge in [0.2, 0.25) is 0 Å². The normalized spacial score (nSPS) is 17.9. The number of rotatable bonds is 4. The van der Waals surface area contributed by atoms with Crippen LogP contribution < -0.4 is 0 Å². The van der Waals surface area contributed by atoms with Gasteiger partial charge in [-0.1, -0.05) is 31.0 Å². The molecule has 1 atom stereocenters. The molecule has 1 aromatic carbocycles. The summed E-state index contributed by atoms with van der Waals surface area (Å²) in [6.07, 6.45) is 7.06. The molecule has 2 nitrogen and oxygen atoms in total. The van der Waals surface area contributed by atoms with E-state index in [-0.39, 0.29) is 11.0 Å². The zero-order valence-electron chi connectivity index (χ0n) is 11.2. The largest absolute Gasteiger partial charge is 0.360 e. The number of aromatic amines is 1. The molecule has 1 aromatic heterocycles. The Kier molecular flexibility index (Phi) is 3.65. The van der Waals surface area contributed by atoms with Gasteiger partial charge >= 0.3 is 0 Å². The van der Waals surface area contributed by atoms with Crippen LogP contribution in [0, 0.1) is 0 Å². The number of benzene rings is 1. The van der Waals surface area contributed by atoms with Crippen molar-refractivity contribution in [1.82, 2.24) is 4.98 Å². The minimum atomic E-state index is 0.0577. The Morgan fingerprint density at radius 3 is 2.84 bits per heavy atom. The SMILES string of the molecule is C[C@H](SC1CCCC1)C(=O)c1c[nH]c2ccccc12. The second-order valence-electron chi connectivity index (χ2n) is 5.30. The van der Waals surface area contributed by atoms with Crippen molar-refractivity contribution in [2.24, 2.45) is 0 Å². The van der Waals surface area contributed by atoms with Gasteiger partial charge in [-0.2, -0.15) is 0 Å². The van der Waals surface area contributed by atoms with Crippen molar-refractivity contribution in [3.05, 3.63) is 36.0 Å². The Morgan fingerprint density at radius 2 is 2.05 bits per heavy atom. The van der Waals surface area contributed by atoms with Gasteiger partial charge in [-0.3, -0.25) is 4.79 Å². The van der Waals surface area contributed by atoms with Crippen LogP contribution in [0.25, 0.3) is 10.9 Å². The van der Waals surface area contributed by atoms with Crippen molar-refractivity contribution < 1.29 is 4.79 Å². The maximum Gasteiger partial charge on any atom is 0.177 e. The maximum absolute atomic E-state index is 12.6. The second kappa shape index (κ2) is 5.41. The Labute approximate surface area is 118 Å². The Bertz CT molecular complexity index is 583. The number of aromatic nitrogens is 1. The number of Topliss-reactive ketones (excluding diaryl/α,β-unsaturated/α-hetero) is 1. The minimum Gasteiger partial charge on any atom is -0.360 e. The van der Waals surface area contributed by atoms with E-state index in [9.17, 15) is 4.79 Å². The first-order chi connectivity index (χ1) is 9.25. The number of fused-ring (bicyclic) bond motifs is 1. The molecule has 2 aromatic rings. The van der Waals surface area contributed by atoms with E-state index in [1.165, 1.54) is 25.7 Å². The lowest BCUT2D eigenvalue weighted by Gasteiger charge is -2.14. The number of carbonyl (C=O) groups excluding carboxylic acids is 1. The van der Waals surface area contributed by atoms with Gasteiger partial charge in [0.15, 0.2) is 5.78 Å². The van der Waals surface area contributed by atoms with Crippen LogP contribution in [0.5, 0.6) is 0 Å². The lowest BCUT2D eigenvalue weighted by atomic mass is 10.1. The van der Waals surface area contributed by atoms with E-state index in [0.717, 1.165) is 16.5 Å². The van der Waals surface area contributed by atoms with Crippen LogP contribution >= 0.6 is 11.8 Å². The van der Waals surface area contributed by atoms with Crippen LogP contribution in [0.1, 0.15) is 43.0 Å². The molecular weight excluding hydrogens is 254 g/mol. The molecule has 1 aliphatic carbocycles. The van der Waals surface area contributed by atoms with Crippen LogP contribution in [-0.4, -0.2) is 21.3 Å². The molecular formula is C16H19NOS. The lowest BCUT2D eigenvalue weighted by molar-refractivity contribution is 0.0995. The van der Waals surface area contributed by atoms with E-state index in [1.54, 1.807) is 0 Å². The summed E-state index contributed by atoms with van der Waals surface area (Å²) < 4.78 is 0. The van der Waals surface area contributed by atoms with E-state index >= 15 is 0 Å². The summed E-state index contributed by atoms with van der Waals surface area (Å²) in [6, 6.07) is 8.01. The quantitative estimate of drug-likeness (QED) is 0.837. The van der Waals surface area contributed by atoms with Crippen molar-refractivity contribution in [3.63, 3.8) is 0 Å². The van der Waals surface area contributed by atoms with E-state index in [2.05, 4.69) is 4.98 Å². The second-order valence-corrected chi connectivity index (χ2v) is 6.94. The van der Waals surface area contributed by atoms with Gasteiger partial charge in [0.25, 0.3) is 0 Å². The molecule has 100 valence electrons. The highest BCUT2D eigenvalue weighted by Crippen LogP contribution is 2.34. The predicted molar refractivity (Wildman–Crippen MR) is 81.9 cm³/mol. The van der Waals surface area contributed by atoms with Crippen molar-refractivity contribution >= 4 is 28.4 Å². The van der Waals surface area contributed by atoms with Crippen LogP contribution in [0.2, 0.25) is 0 Å². The molecule has 19 heavy (non-hydrogen) atoms. The van der Waals surface area contributed by atoms with Crippen molar-refractivity contribution in [2.45, 2.75) is 43.1 Å². The van der Waals surface area contributed by atoms with E-state index in [4.69, 9.17) is 0 Å². The topological polar surface area (TPSA) is 32.9 Å². The van der Waals surface area contributed by atoms with Crippen LogP contribution in [0.3, 0.4) is 0 Å². The molecule has 1 heterocycles. The summed E-state index contributed by atoms with van der Waals surface area (Å²) in [4.78, 5) is 15.8. The van der Waals surface area contributed by atoms with Gasteiger partial charge in [0.1, 0.15) is 0 Å². The lowest BCUT2D eigenvalue weighted by Crippen LogP contribution is -2.16. The fourth-order valence-corrected chi connectivity index (χ4v) is 4.30. The number of hydrogen-bond acceptors (Lipinski definition) is 2. The standard InChI is InChI=1S/C16H19NOS/c1-11(19-12-6-2-3-7-12)16(18)14-10-17-15-9-5-4-8-13(14)15/h4-5,8-12,17H,2-3,6-7H2,1H3/t11-/m0/s1. The highest BCUT2D eigenvalue weighted by molar-refractivity contribution is 8.01. The first-order valence-electron chi connectivity index (χ1n) is 7.01. The van der Waals surface area contributed by atoms with E-state index in [0.29, 0.717) is 5.25 Å². The molecule has 1 aliphatic rings. The summed E-state index contributed by atoms with van der Waals surface area (Å²) in [5.41, 5.74) is 1.89. The van der Waals surface area contributed by atoms with Crippen LogP contribution in [-0.2, 0) is 0 Å². The fraction of sp³-hybridized carbons (Fsp3) is 0.438. The van der Waals surface area contributed by atoms with E-state index in [1.807, 2.05) is 49.1 Å². The van der Waals surface area contributed by atoms with Crippen LogP contribution in [0.4, 0.5) is 0 Å². The van der Waals surface area contributed by atoms with Gasteiger partial charge in [-0.25, -0.2) is 0 Å². The first kappa shape index (κ1) is 12.8. The molecule has 0 unspecified atom stereocenters. The number of carbonyl (C=O) groups is 1. The number of H-pyrrole nitrogens is 1. The number of nitrogens with one attached hydrogen (secondary N) is 1. The van der Waals surface area contributed by atoms with Gasteiger partial charge in [-0.15, -0.1) is 11.8 Å². The average Bonchev–Trinajstić information content (AvgIpc) is 3.06. The highest BCUT2D eigenvalue weighted by Gasteiger charge is 2.24. The van der Waals surface area contributed by atoms with Gasteiger partial charge in [0.05, 0.1) is 5.25 Å². The summed E-state index contributed by atoms with van der Waals surface area (Å²) >= 11 is 1.86. The smallest absolute Gasteiger partial charge is 0.177 e. The first-order valence-corrected chi connectivity index (χ1v) is 7.96. The predicted octanol–water partition coefficient (Wildman–Crippen LogP) is 4.41. The Balaban J connectivity index is 1.78. The molecule has 1 N–H and O–H groups in total. The van der Waals surface area contributed by atoms with Gasteiger partial charge in [-0.05, 0) is 25.8 Å². The average molecular weight is 273 g/mol. The molecule has 3 heteroatoms. The molecule has 0 radical (unpaired) electrons. The summed E-state index contributed by atoms with van der Waals surface area (Å²) in [5.74, 6) is 0.259. The third kappa shape index (κ3) is 2.57. The zero-order chi connectivity index (χ0) is 13.2. The molecule has 0 spiro atoms. The third-order valence-corrected chi connectivity index (χ3v) is 5.40. The molecule has 0 saturated heterocycles. The zero-order valence-corrected chi connectivity index (χ0v) is 12.0. The van der Waals surface area contributed by atoms with Crippen molar-refractivity contribution in [3.8, 4) is 0 Å². The number of thioether (sulfide) groups is 1. The van der Waals surface area contributed by atoms with Crippen LogP contribution in [0.15, 0.2) is 30.5 Å². The fourth-order valence-electron chi connectivity index (χ4n) is 2.87. The Morgan fingerprint density at radius 1 is 1.32 bits per heavy atom. The Hall–Kier alpha value is -1.22. The molecule has 1 saturated carbocycles. The molecule has 1 fully saturated rings. The van der Waals surface area contributed by atoms with Gasteiger partial charge < -0.3 is 4.98 Å².